The Morgan fingerprint density at radius 2 is 2.25 bits per heavy atom. The number of aliphatic hydroxyl groups is 1. The van der Waals surface area contributed by atoms with Crippen molar-refractivity contribution in [3.8, 4) is 0 Å². The molecule has 0 aromatic carbocycles. The maximum Gasteiger partial charge on any atom is 0.305 e. The zero-order valence-corrected chi connectivity index (χ0v) is 10.3. The van der Waals surface area contributed by atoms with Gasteiger partial charge in [0, 0.05) is 18.5 Å². The number of carbonyl (C=O) groups excluding carboxylic acids is 1. The van der Waals surface area contributed by atoms with Crippen molar-refractivity contribution in [2.75, 3.05) is 20.3 Å². The van der Waals surface area contributed by atoms with Crippen molar-refractivity contribution in [3.05, 3.63) is 0 Å². The Balaban J connectivity index is 2.33. The first-order chi connectivity index (χ1) is 7.69. The van der Waals surface area contributed by atoms with Crippen molar-refractivity contribution < 1.29 is 14.6 Å². The number of ether oxygens (including phenoxy) is 1. The minimum atomic E-state index is -0.148. The van der Waals surface area contributed by atoms with Gasteiger partial charge in [0.15, 0.2) is 0 Å². The van der Waals surface area contributed by atoms with E-state index in [9.17, 15) is 9.90 Å². The van der Waals surface area contributed by atoms with E-state index in [2.05, 4.69) is 16.6 Å². The molecule has 2 unspecified atom stereocenters. The van der Waals surface area contributed by atoms with Crippen molar-refractivity contribution in [2.24, 2.45) is 0 Å². The lowest BCUT2D eigenvalue weighted by Gasteiger charge is -2.39. The molecule has 1 N–H and O–H groups in total. The fourth-order valence-corrected chi connectivity index (χ4v) is 2.45. The van der Waals surface area contributed by atoms with Crippen molar-refractivity contribution in [1.82, 2.24) is 4.90 Å². The SMILES string of the molecule is COC(=O)CCCN1C(C)CCCC1CO. The lowest BCUT2D eigenvalue weighted by atomic mass is 9.96. The highest BCUT2D eigenvalue weighted by atomic mass is 16.5. The van der Waals surface area contributed by atoms with Crippen molar-refractivity contribution in [1.29, 1.82) is 0 Å². The van der Waals surface area contributed by atoms with Crippen LogP contribution in [0.4, 0.5) is 0 Å². The molecule has 0 bridgehead atoms. The summed E-state index contributed by atoms with van der Waals surface area (Å²) in [6.45, 7) is 3.30. The van der Waals surface area contributed by atoms with E-state index >= 15 is 0 Å². The summed E-state index contributed by atoms with van der Waals surface area (Å²) in [6.07, 6.45) is 4.74. The van der Waals surface area contributed by atoms with Gasteiger partial charge in [-0.2, -0.15) is 0 Å². The highest BCUT2D eigenvalue weighted by Crippen LogP contribution is 2.22. The lowest BCUT2D eigenvalue weighted by molar-refractivity contribution is -0.140. The maximum absolute atomic E-state index is 11.0. The molecule has 0 radical (unpaired) electrons. The summed E-state index contributed by atoms with van der Waals surface area (Å²) < 4.78 is 4.61. The predicted octanol–water partition coefficient (Wildman–Crippen LogP) is 1.17. The third-order valence-electron chi connectivity index (χ3n) is 3.43. The molecule has 1 rings (SSSR count). The summed E-state index contributed by atoms with van der Waals surface area (Å²) in [6, 6.07) is 0.796. The van der Waals surface area contributed by atoms with Crippen molar-refractivity contribution in [2.45, 2.75) is 51.1 Å². The van der Waals surface area contributed by atoms with Gasteiger partial charge in [-0.3, -0.25) is 9.69 Å². The molecule has 16 heavy (non-hydrogen) atoms. The molecular formula is C12H23NO3. The van der Waals surface area contributed by atoms with Crippen LogP contribution in [0.3, 0.4) is 0 Å². The Morgan fingerprint density at radius 3 is 2.88 bits per heavy atom. The van der Waals surface area contributed by atoms with E-state index in [0.717, 1.165) is 19.4 Å². The molecule has 0 aliphatic carbocycles. The average Bonchev–Trinajstić information content (AvgIpc) is 2.30. The summed E-state index contributed by atoms with van der Waals surface area (Å²) in [7, 11) is 1.42. The third-order valence-corrected chi connectivity index (χ3v) is 3.43. The fourth-order valence-electron chi connectivity index (χ4n) is 2.45. The van der Waals surface area contributed by atoms with Crippen LogP contribution in [0.1, 0.15) is 39.0 Å². The Hall–Kier alpha value is -0.610. The molecular weight excluding hydrogens is 206 g/mol. The highest BCUT2D eigenvalue weighted by Gasteiger charge is 2.26. The molecule has 94 valence electrons. The maximum atomic E-state index is 11.0. The minimum Gasteiger partial charge on any atom is -0.469 e. The zero-order chi connectivity index (χ0) is 12.0. The normalized spacial score (nSPS) is 26.7. The van der Waals surface area contributed by atoms with E-state index in [1.54, 1.807) is 0 Å². The van der Waals surface area contributed by atoms with Gasteiger partial charge in [0.1, 0.15) is 0 Å². The van der Waals surface area contributed by atoms with Crippen LogP contribution in [0, 0.1) is 0 Å². The number of esters is 1. The first kappa shape index (κ1) is 13.5. The van der Waals surface area contributed by atoms with Gasteiger partial charge in [-0.25, -0.2) is 0 Å². The van der Waals surface area contributed by atoms with E-state index in [-0.39, 0.29) is 18.6 Å². The van der Waals surface area contributed by atoms with Crippen LogP contribution in [-0.4, -0.2) is 48.3 Å². The molecule has 1 aliphatic heterocycles. The molecule has 0 saturated carbocycles. The molecule has 1 fully saturated rings. The van der Waals surface area contributed by atoms with E-state index in [0.29, 0.717) is 12.5 Å². The largest absolute Gasteiger partial charge is 0.469 e. The number of aliphatic hydroxyl groups excluding tert-OH is 1. The van der Waals surface area contributed by atoms with E-state index < -0.39 is 0 Å². The topological polar surface area (TPSA) is 49.8 Å². The first-order valence-corrected chi connectivity index (χ1v) is 6.12. The predicted molar refractivity (Wildman–Crippen MR) is 62.1 cm³/mol. The molecule has 2 atom stereocenters. The Kier molecular flexibility index (Phi) is 5.77. The van der Waals surface area contributed by atoms with Crippen LogP contribution in [-0.2, 0) is 9.53 Å². The average molecular weight is 229 g/mol. The number of carbonyl (C=O) groups is 1. The molecule has 1 saturated heterocycles. The standard InChI is InChI=1S/C12H23NO3/c1-10-5-3-6-11(9-14)13(10)8-4-7-12(15)16-2/h10-11,14H,3-9H2,1-2H3. The second-order valence-corrected chi connectivity index (χ2v) is 4.53. The molecule has 4 heteroatoms. The van der Waals surface area contributed by atoms with E-state index in [4.69, 9.17) is 0 Å². The highest BCUT2D eigenvalue weighted by molar-refractivity contribution is 5.69. The van der Waals surface area contributed by atoms with Gasteiger partial charge in [-0.1, -0.05) is 6.42 Å². The molecule has 1 heterocycles. The van der Waals surface area contributed by atoms with Crippen LogP contribution >= 0.6 is 0 Å². The molecule has 0 aromatic heterocycles. The van der Waals surface area contributed by atoms with Crippen LogP contribution in [0.2, 0.25) is 0 Å². The second-order valence-electron chi connectivity index (χ2n) is 4.53. The molecule has 1 aliphatic rings. The van der Waals surface area contributed by atoms with Crippen LogP contribution < -0.4 is 0 Å². The Labute approximate surface area is 97.6 Å². The molecule has 0 spiro atoms. The third kappa shape index (κ3) is 3.76. The van der Waals surface area contributed by atoms with E-state index in [1.165, 1.54) is 20.0 Å². The van der Waals surface area contributed by atoms with Gasteiger partial charge in [0.2, 0.25) is 0 Å². The quantitative estimate of drug-likeness (QED) is 0.719. The zero-order valence-electron chi connectivity index (χ0n) is 10.3. The monoisotopic (exact) mass is 229 g/mol. The van der Waals surface area contributed by atoms with E-state index in [1.807, 2.05) is 0 Å². The van der Waals surface area contributed by atoms with Gasteiger partial charge in [-0.15, -0.1) is 0 Å². The minimum absolute atomic E-state index is 0.148. The van der Waals surface area contributed by atoms with Gasteiger partial charge in [0.05, 0.1) is 13.7 Å². The fraction of sp³-hybridized carbons (Fsp3) is 0.917. The summed E-state index contributed by atoms with van der Waals surface area (Å²) in [5.74, 6) is -0.148. The van der Waals surface area contributed by atoms with Crippen molar-refractivity contribution in [3.63, 3.8) is 0 Å². The van der Waals surface area contributed by atoms with Crippen molar-refractivity contribution >= 4 is 5.97 Å². The lowest BCUT2D eigenvalue weighted by Crippen LogP contribution is -2.47. The summed E-state index contributed by atoms with van der Waals surface area (Å²) >= 11 is 0. The van der Waals surface area contributed by atoms with Gasteiger partial charge in [0.25, 0.3) is 0 Å². The number of nitrogens with zero attached hydrogens (tertiary/aromatic N) is 1. The number of piperidine rings is 1. The number of rotatable bonds is 5. The molecule has 4 nitrogen and oxygen atoms in total. The number of hydrogen-bond donors (Lipinski definition) is 1. The van der Waals surface area contributed by atoms with Crippen LogP contribution in [0.5, 0.6) is 0 Å². The summed E-state index contributed by atoms with van der Waals surface area (Å²) in [5, 5.41) is 9.30. The smallest absolute Gasteiger partial charge is 0.305 e. The van der Waals surface area contributed by atoms with Gasteiger partial charge >= 0.3 is 5.97 Å². The molecule has 0 aromatic rings. The Morgan fingerprint density at radius 1 is 1.50 bits per heavy atom. The van der Waals surface area contributed by atoms with Crippen LogP contribution in [0.25, 0.3) is 0 Å². The summed E-state index contributed by atoms with van der Waals surface area (Å²) in [5.41, 5.74) is 0. The van der Waals surface area contributed by atoms with Crippen LogP contribution in [0.15, 0.2) is 0 Å². The second kappa shape index (κ2) is 6.86. The Bertz CT molecular complexity index is 220. The summed E-state index contributed by atoms with van der Waals surface area (Å²) in [4.78, 5) is 13.3. The van der Waals surface area contributed by atoms with Gasteiger partial charge < -0.3 is 9.84 Å². The number of methoxy groups -OCH3 is 1. The number of likely N-dealkylation sites (tertiary alicyclic amines) is 1. The first-order valence-electron chi connectivity index (χ1n) is 6.12. The number of hydrogen-bond acceptors (Lipinski definition) is 4. The molecule has 0 amide bonds. The van der Waals surface area contributed by atoms with Gasteiger partial charge in [-0.05, 0) is 32.7 Å².